The summed E-state index contributed by atoms with van der Waals surface area (Å²) >= 11 is 0. The molecule has 0 saturated carbocycles. The van der Waals surface area contributed by atoms with Crippen molar-refractivity contribution < 1.29 is 9.59 Å². The third kappa shape index (κ3) is 2.56. The maximum Gasteiger partial charge on any atom is 0.323 e. The Morgan fingerprint density at radius 3 is 2.57 bits per heavy atom. The predicted octanol–water partition coefficient (Wildman–Crippen LogP) is 2.75. The molecule has 1 atom stereocenters. The van der Waals surface area contributed by atoms with Crippen LogP contribution in [0, 0.1) is 0 Å². The monoisotopic (exact) mass is 372 g/mol. The van der Waals surface area contributed by atoms with E-state index in [0.29, 0.717) is 22.4 Å². The van der Waals surface area contributed by atoms with Crippen molar-refractivity contribution in [1.82, 2.24) is 9.97 Å². The van der Waals surface area contributed by atoms with Crippen molar-refractivity contribution >= 4 is 45.0 Å². The second-order valence-corrected chi connectivity index (χ2v) is 6.81. The molecule has 0 spiro atoms. The van der Waals surface area contributed by atoms with Gasteiger partial charge < -0.3 is 15.3 Å². The van der Waals surface area contributed by atoms with E-state index >= 15 is 0 Å². The third-order valence-electron chi connectivity index (χ3n) is 5.01. The number of amides is 2. The molecule has 138 valence electrons. The molecular formula is C21H16N4O3. The van der Waals surface area contributed by atoms with Crippen molar-refractivity contribution in [2.45, 2.75) is 12.5 Å². The lowest BCUT2D eigenvalue weighted by atomic mass is 10.1. The minimum atomic E-state index is -0.658. The molecule has 0 radical (unpaired) electrons. The normalized spacial score (nSPS) is 17.0. The maximum absolute atomic E-state index is 13.0. The van der Waals surface area contributed by atoms with Crippen molar-refractivity contribution in [3.63, 3.8) is 0 Å². The summed E-state index contributed by atoms with van der Waals surface area (Å²) in [6, 6.07) is 17.8. The van der Waals surface area contributed by atoms with Crippen LogP contribution in [0.15, 0.2) is 65.5 Å². The van der Waals surface area contributed by atoms with Gasteiger partial charge in [-0.2, -0.15) is 0 Å². The molecule has 0 unspecified atom stereocenters. The van der Waals surface area contributed by atoms with Gasteiger partial charge >= 0.3 is 5.69 Å². The van der Waals surface area contributed by atoms with Gasteiger partial charge in [0.25, 0.3) is 5.91 Å². The molecule has 2 amide bonds. The van der Waals surface area contributed by atoms with Gasteiger partial charge in [0.1, 0.15) is 6.04 Å². The van der Waals surface area contributed by atoms with Crippen LogP contribution in [0.5, 0.6) is 0 Å². The number of fused-ring (bicyclic) bond motifs is 2. The van der Waals surface area contributed by atoms with Crippen molar-refractivity contribution in [2.75, 3.05) is 10.2 Å². The number of rotatable bonds is 3. The van der Waals surface area contributed by atoms with Crippen molar-refractivity contribution in [2.24, 2.45) is 0 Å². The fourth-order valence-corrected chi connectivity index (χ4v) is 3.72. The molecule has 3 N–H and O–H groups in total. The Morgan fingerprint density at radius 2 is 1.68 bits per heavy atom. The largest absolute Gasteiger partial charge is 0.373 e. The van der Waals surface area contributed by atoms with Gasteiger partial charge in [0, 0.05) is 11.1 Å². The molecule has 3 aromatic carbocycles. The zero-order valence-corrected chi connectivity index (χ0v) is 14.7. The smallest absolute Gasteiger partial charge is 0.323 e. The minimum Gasteiger partial charge on any atom is -0.373 e. The molecule has 1 aliphatic heterocycles. The Kier molecular flexibility index (Phi) is 3.55. The van der Waals surface area contributed by atoms with Gasteiger partial charge in [-0.3, -0.25) is 9.59 Å². The number of anilines is 2. The second kappa shape index (κ2) is 6.09. The molecule has 0 aliphatic carbocycles. The first-order valence-corrected chi connectivity index (χ1v) is 8.93. The third-order valence-corrected chi connectivity index (χ3v) is 5.01. The fourth-order valence-electron chi connectivity index (χ4n) is 3.72. The van der Waals surface area contributed by atoms with Crippen LogP contribution in [0.1, 0.15) is 6.42 Å². The molecule has 7 nitrogen and oxygen atoms in total. The fraction of sp³-hybridized carbons (Fsp3) is 0.0952. The molecule has 4 aromatic rings. The van der Waals surface area contributed by atoms with E-state index in [0.717, 1.165) is 10.8 Å². The van der Waals surface area contributed by atoms with Gasteiger partial charge in [0.15, 0.2) is 0 Å². The molecule has 1 aliphatic rings. The Morgan fingerprint density at radius 1 is 0.893 bits per heavy atom. The topological polar surface area (TPSA) is 98.1 Å². The molecule has 2 heterocycles. The van der Waals surface area contributed by atoms with E-state index in [-0.39, 0.29) is 23.9 Å². The van der Waals surface area contributed by atoms with Crippen LogP contribution in [-0.2, 0) is 9.59 Å². The molecule has 28 heavy (non-hydrogen) atoms. The maximum atomic E-state index is 13.0. The number of hydrogen-bond donors (Lipinski definition) is 3. The van der Waals surface area contributed by atoms with Crippen LogP contribution >= 0.6 is 0 Å². The number of hydrogen-bond acceptors (Lipinski definition) is 4. The van der Waals surface area contributed by atoms with E-state index in [1.807, 2.05) is 36.4 Å². The van der Waals surface area contributed by atoms with Gasteiger partial charge in [-0.25, -0.2) is 9.69 Å². The molecule has 1 saturated heterocycles. The highest BCUT2D eigenvalue weighted by atomic mass is 16.2. The van der Waals surface area contributed by atoms with Crippen molar-refractivity contribution in [3.8, 4) is 0 Å². The quantitative estimate of drug-likeness (QED) is 0.482. The summed E-state index contributed by atoms with van der Waals surface area (Å²) in [5, 5.41) is 4.95. The lowest BCUT2D eigenvalue weighted by Gasteiger charge is -2.18. The second-order valence-electron chi connectivity index (χ2n) is 6.81. The number of imidazole rings is 1. The number of H-pyrrole nitrogens is 2. The van der Waals surface area contributed by atoms with Crippen LogP contribution in [0.3, 0.4) is 0 Å². The van der Waals surface area contributed by atoms with E-state index in [2.05, 4.69) is 15.3 Å². The number of nitrogens with zero attached hydrogens (tertiary/aromatic N) is 1. The summed E-state index contributed by atoms with van der Waals surface area (Å²) in [6.45, 7) is 0. The molecular weight excluding hydrogens is 356 g/mol. The summed E-state index contributed by atoms with van der Waals surface area (Å²) in [6.07, 6.45) is 0.0732. The van der Waals surface area contributed by atoms with Crippen LogP contribution in [0.2, 0.25) is 0 Å². The lowest BCUT2D eigenvalue weighted by molar-refractivity contribution is -0.121. The number of aromatic amines is 2. The average molecular weight is 372 g/mol. The van der Waals surface area contributed by atoms with E-state index in [9.17, 15) is 14.4 Å². The summed E-state index contributed by atoms with van der Waals surface area (Å²) in [5.41, 5.74) is 2.29. The Bertz CT molecular complexity index is 1300. The number of imide groups is 1. The van der Waals surface area contributed by atoms with Gasteiger partial charge in [0.2, 0.25) is 5.91 Å². The Balaban J connectivity index is 1.47. The minimum absolute atomic E-state index is 0.0732. The number of aromatic nitrogens is 2. The first-order chi connectivity index (χ1) is 13.6. The van der Waals surface area contributed by atoms with Gasteiger partial charge in [-0.1, -0.05) is 36.4 Å². The van der Waals surface area contributed by atoms with Crippen LogP contribution < -0.4 is 15.9 Å². The van der Waals surface area contributed by atoms with E-state index in [1.165, 1.54) is 4.90 Å². The van der Waals surface area contributed by atoms with Crippen LogP contribution in [0.4, 0.5) is 11.4 Å². The zero-order valence-electron chi connectivity index (χ0n) is 14.7. The molecule has 0 bridgehead atoms. The van der Waals surface area contributed by atoms with E-state index in [4.69, 9.17) is 0 Å². The highest BCUT2D eigenvalue weighted by Crippen LogP contribution is 2.31. The lowest BCUT2D eigenvalue weighted by Crippen LogP contribution is -2.34. The first-order valence-electron chi connectivity index (χ1n) is 8.93. The molecule has 1 fully saturated rings. The van der Waals surface area contributed by atoms with Gasteiger partial charge in [0.05, 0.1) is 23.1 Å². The predicted molar refractivity (Wildman–Crippen MR) is 107 cm³/mol. The van der Waals surface area contributed by atoms with Crippen LogP contribution in [0.25, 0.3) is 21.8 Å². The van der Waals surface area contributed by atoms with Crippen molar-refractivity contribution in [1.29, 1.82) is 0 Å². The highest BCUT2D eigenvalue weighted by molar-refractivity contribution is 6.25. The number of nitrogens with one attached hydrogen (secondary N) is 3. The zero-order chi connectivity index (χ0) is 19.3. The number of carbonyl (C=O) groups is 2. The number of benzene rings is 3. The summed E-state index contributed by atoms with van der Waals surface area (Å²) in [4.78, 5) is 43.7. The highest BCUT2D eigenvalue weighted by Gasteiger charge is 2.40. The summed E-state index contributed by atoms with van der Waals surface area (Å²) < 4.78 is 0. The Labute approximate surface area is 159 Å². The Hall–Kier alpha value is -3.87. The SMILES string of the molecule is O=C1C[C@H](Nc2ccc3[nH]c(=O)[nH]c3c2)C(=O)N1c1cccc2ccccc12. The van der Waals surface area contributed by atoms with E-state index in [1.54, 1.807) is 24.3 Å². The molecule has 5 rings (SSSR count). The van der Waals surface area contributed by atoms with Gasteiger partial charge in [-0.05, 0) is 29.7 Å². The van der Waals surface area contributed by atoms with E-state index < -0.39 is 6.04 Å². The summed E-state index contributed by atoms with van der Waals surface area (Å²) in [7, 11) is 0. The van der Waals surface area contributed by atoms with Crippen molar-refractivity contribution in [3.05, 3.63) is 71.1 Å². The number of carbonyl (C=O) groups excluding carboxylic acids is 2. The average Bonchev–Trinajstić information content (AvgIpc) is 3.19. The molecule has 7 heteroatoms. The standard InChI is InChI=1S/C21H16N4O3/c26-19-11-17(22-13-8-9-15-16(10-13)24-21(28)23-15)20(27)25(19)18-7-3-5-12-4-1-2-6-14(12)18/h1-10,17,22H,11H2,(H2,23,24,28)/t17-/m0/s1. The molecule has 1 aromatic heterocycles. The summed E-state index contributed by atoms with van der Waals surface area (Å²) in [5.74, 6) is -0.529. The first kappa shape index (κ1) is 16.3. The van der Waals surface area contributed by atoms with Gasteiger partial charge in [-0.15, -0.1) is 0 Å². The van der Waals surface area contributed by atoms with Crippen LogP contribution in [-0.4, -0.2) is 27.8 Å².